The van der Waals surface area contributed by atoms with Crippen LogP contribution in [0.3, 0.4) is 0 Å². The first-order chi connectivity index (χ1) is 11.5. The fourth-order valence-electron chi connectivity index (χ4n) is 2.25. The van der Waals surface area contributed by atoms with Gasteiger partial charge in [-0.05, 0) is 37.0 Å². The Bertz CT molecular complexity index is 603. The number of methoxy groups -OCH3 is 1. The van der Waals surface area contributed by atoms with Gasteiger partial charge in [0.2, 0.25) is 0 Å². The summed E-state index contributed by atoms with van der Waals surface area (Å²) in [5.74, 6) is -0.964. The number of ether oxygens (including phenoxy) is 1. The molecule has 6 nitrogen and oxygen atoms in total. The van der Waals surface area contributed by atoms with Crippen LogP contribution in [0.2, 0.25) is 0 Å². The topological polar surface area (TPSA) is 92.7 Å². The number of thioether (sulfide) groups is 1. The molecule has 0 radical (unpaired) electrons. The number of ketones is 1. The van der Waals surface area contributed by atoms with Crippen molar-refractivity contribution in [1.29, 1.82) is 0 Å². The van der Waals surface area contributed by atoms with Crippen LogP contribution in [-0.4, -0.2) is 47.9 Å². The summed E-state index contributed by atoms with van der Waals surface area (Å²) in [6, 6.07) is 3.74. The maximum atomic E-state index is 12.5. The molecule has 0 heterocycles. The van der Waals surface area contributed by atoms with Crippen LogP contribution < -0.4 is 10.1 Å². The molecule has 132 valence electrons. The van der Waals surface area contributed by atoms with Gasteiger partial charge in [0.25, 0.3) is 5.91 Å². The molecule has 0 aliphatic carbocycles. The molecule has 1 atom stereocenters. The average molecular weight is 353 g/mol. The molecule has 0 bridgehead atoms. The number of amides is 1. The molecule has 2 N–H and O–H groups in total. The predicted molar refractivity (Wildman–Crippen MR) is 94.1 cm³/mol. The van der Waals surface area contributed by atoms with E-state index in [1.165, 1.54) is 24.9 Å². The second-order valence-corrected chi connectivity index (χ2v) is 6.19. The van der Waals surface area contributed by atoms with Crippen molar-refractivity contribution in [2.75, 3.05) is 19.1 Å². The number of carboxylic acids is 1. The molecule has 0 saturated carbocycles. The van der Waals surface area contributed by atoms with Crippen molar-refractivity contribution < 1.29 is 24.2 Å². The summed E-state index contributed by atoms with van der Waals surface area (Å²) in [6.45, 7) is 1.89. The maximum absolute atomic E-state index is 12.5. The van der Waals surface area contributed by atoms with Crippen molar-refractivity contribution in [3.63, 3.8) is 0 Å². The van der Waals surface area contributed by atoms with Crippen LogP contribution in [0.15, 0.2) is 18.2 Å². The minimum Gasteiger partial charge on any atom is -0.495 e. The van der Waals surface area contributed by atoms with Crippen LogP contribution in [-0.2, 0) is 4.79 Å². The van der Waals surface area contributed by atoms with E-state index in [1.807, 2.05) is 13.2 Å². The minimum absolute atomic E-state index is 0.110. The van der Waals surface area contributed by atoms with E-state index in [2.05, 4.69) is 5.32 Å². The molecule has 24 heavy (non-hydrogen) atoms. The molecule has 0 aliphatic rings. The van der Waals surface area contributed by atoms with E-state index in [9.17, 15) is 19.5 Å². The SMILES string of the molecule is CCCC(=O)c1cccc(C(=O)N[C@@H](CCSC)C(=O)O)c1OC. The Kier molecular flexibility index (Phi) is 8.32. The molecule has 1 aromatic carbocycles. The van der Waals surface area contributed by atoms with E-state index in [0.29, 0.717) is 30.6 Å². The van der Waals surface area contributed by atoms with Crippen LogP contribution in [0.25, 0.3) is 0 Å². The third kappa shape index (κ3) is 5.26. The third-order valence-corrected chi connectivity index (χ3v) is 4.10. The first kappa shape index (κ1) is 20.0. The Hall–Kier alpha value is -2.02. The van der Waals surface area contributed by atoms with Gasteiger partial charge in [-0.15, -0.1) is 0 Å². The summed E-state index contributed by atoms with van der Waals surface area (Å²) < 4.78 is 5.26. The quantitative estimate of drug-likeness (QED) is 0.628. The monoisotopic (exact) mass is 353 g/mol. The van der Waals surface area contributed by atoms with Gasteiger partial charge in [-0.3, -0.25) is 9.59 Å². The average Bonchev–Trinajstić information content (AvgIpc) is 2.57. The number of benzene rings is 1. The fraction of sp³-hybridized carbons (Fsp3) is 0.471. The lowest BCUT2D eigenvalue weighted by atomic mass is 10.0. The number of hydrogen-bond donors (Lipinski definition) is 2. The molecule has 0 aromatic heterocycles. The summed E-state index contributed by atoms with van der Waals surface area (Å²) in [5, 5.41) is 11.7. The van der Waals surface area contributed by atoms with Gasteiger partial charge in [0.05, 0.1) is 18.2 Å². The molecule has 0 unspecified atom stereocenters. The normalized spacial score (nSPS) is 11.6. The largest absolute Gasteiger partial charge is 0.495 e. The van der Waals surface area contributed by atoms with E-state index in [0.717, 1.165) is 0 Å². The molecular weight excluding hydrogens is 330 g/mol. The number of carbonyl (C=O) groups excluding carboxylic acids is 2. The van der Waals surface area contributed by atoms with Crippen LogP contribution in [0.4, 0.5) is 0 Å². The molecule has 0 fully saturated rings. The van der Waals surface area contributed by atoms with Crippen LogP contribution in [0.5, 0.6) is 5.75 Å². The van der Waals surface area contributed by atoms with Crippen molar-refractivity contribution in [1.82, 2.24) is 5.32 Å². The van der Waals surface area contributed by atoms with Gasteiger partial charge >= 0.3 is 5.97 Å². The molecule has 0 spiro atoms. The number of hydrogen-bond acceptors (Lipinski definition) is 5. The van der Waals surface area contributed by atoms with Crippen molar-refractivity contribution in [3.8, 4) is 5.75 Å². The maximum Gasteiger partial charge on any atom is 0.326 e. The summed E-state index contributed by atoms with van der Waals surface area (Å²) in [4.78, 5) is 35.9. The number of nitrogens with one attached hydrogen (secondary N) is 1. The summed E-state index contributed by atoms with van der Waals surface area (Å²) in [6.07, 6.45) is 3.23. The fourth-order valence-corrected chi connectivity index (χ4v) is 2.72. The van der Waals surface area contributed by atoms with Crippen LogP contribution in [0, 0.1) is 0 Å². The number of aliphatic carboxylic acids is 1. The molecule has 0 aliphatic heterocycles. The number of carboxylic acid groups (broad SMARTS) is 1. The highest BCUT2D eigenvalue weighted by Gasteiger charge is 2.24. The highest BCUT2D eigenvalue weighted by Crippen LogP contribution is 2.25. The Morgan fingerprint density at radius 3 is 2.50 bits per heavy atom. The number of carbonyl (C=O) groups is 3. The molecular formula is C17H23NO5S. The molecule has 0 saturated heterocycles. The van der Waals surface area contributed by atoms with E-state index >= 15 is 0 Å². The number of Topliss-reactive ketones (excluding diaryl/α,β-unsaturated/α-hetero) is 1. The smallest absolute Gasteiger partial charge is 0.326 e. The van der Waals surface area contributed by atoms with Crippen molar-refractivity contribution >= 4 is 29.4 Å². The lowest BCUT2D eigenvalue weighted by Gasteiger charge is -2.16. The van der Waals surface area contributed by atoms with E-state index in [4.69, 9.17) is 4.74 Å². The van der Waals surface area contributed by atoms with E-state index in [1.54, 1.807) is 12.1 Å². The highest BCUT2D eigenvalue weighted by molar-refractivity contribution is 7.98. The van der Waals surface area contributed by atoms with Crippen LogP contribution in [0.1, 0.15) is 46.9 Å². The van der Waals surface area contributed by atoms with Crippen molar-refractivity contribution in [2.45, 2.75) is 32.2 Å². The zero-order valence-corrected chi connectivity index (χ0v) is 14.9. The summed E-state index contributed by atoms with van der Waals surface area (Å²) in [7, 11) is 1.39. The first-order valence-corrected chi connectivity index (χ1v) is 9.08. The second-order valence-electron chi connectivity index (χ2n) is 5.21. The first-order valence-electron chi connectivity index (χ1n) is 7.69. The van der Waals surface area contributed by atoms with Gasteiger partial charge in [-0.25, -0.2) is 4.79 Å². The predicted octanol–water partition coefficient (Wildman–Crippen LogP) is 2.61. The highest BCUT2D eigenvalue weighted by atomic mass is 32.2. The lowest BCUT2D eigenvalue weighted by molar-refractivity contribution is -0.139. The van der Waals surface area contributed by atoms with Gasteiger partial charge in [0, 0.05) is 6.42 Å². The zero-order valence-electron chi connectivity index (χ0n) is 14.1. The van der Waals surface area contributed by atoms with Gasteiger partial charge < -0.3 is 15.2 Å². The van der Waals surface area contributed by atoms with E-state index < -0.39 is 17.9 Å². The molecule has 1 amide bonds. The molecule has 7 heteroatoms. The van der Waals surface area contributed by atoms with Gasteiger partial charge in [-0.2, -0.15) is 11.8 Å². The van der Waals surface area contributed by atoms with Crippen molar-refractivity contribution in [2.24, 2.45) is 0 Å². The Morgan fingerprint density at radius 1 is 1.29 bits per heavy atom. The number of para-hydroxylation sites is 1. The van der Waals surface area contributed by atoms with E-state index in [-0.39, 0.29) is 17.1 Å². The van der Waals surface area contributed by atoms with Gasteiger partial charge in [-0.1, -0.05) is 13.0 Å². The standard InChI is InChI=1S/C17H23NO5S/c1-4-6-14(19)11-7-5-8-12(15(11)23-2)16(20)18-13(17(21)22)9-10-24-3/h5,7-8,13H,4,6,9-10H2,1-3H3,(H,18,20)(H,21,22)/t13-/m0/s1. The van der Waals surface area contributed by atoms with Crippen LogP contribution >= 0.6 is 11.8 Å². The zero-order chi connectivity index (χ0) is 18.1. The number of rotatable bonds is 10. The lowest BCUT2D eigenvalue weighted by Crippen LogP contribution is -2.41. The Labute approximate surface area is 146 Å². The Morgan fingerprint density at radius 2 is 1.96 bits per heavy atom. The summed E-state index contributed by atoms with van der Waals surface area (Å²) in [5.41, 5.74) is 0.498. The van der Waals surface area contributed by atoms with Gasteiger partial charge in [0.1, 0.15) is 11.8 Å². The minimum atomic E-state index is -1.09. The third-order valence-electron chi connectivity index (χ3n) is 3.46. The van der Waals surface area contributed by atoms with Crippen molar-refractivity contribution in [3.05, 3.63) is 29.3 Å². The Balaban J connectivity index is 3.07. The summed E-state index contributed by atoms with van der Waals surface area (Å²) >= 11 is 1.51. The molecule has 1 aromatic rings. The second kappa shape index (κ2) is 9.97. The molecule has 1 rings (SSSR count). The van der Waals surface area contributed by atoms with Gasteiger partial charge in [0.15, 0.2) is 5.78 Å².